The zero-order chi connectivity index (χ0) is 11.4. The molecule has 0 aliphatic carbocycles. The van der Waals surface area contributed by atoms with Crippen molar-refractivity contribution in [3.63, 3.8) is 0 Å². The van der Waals surface area contributed by atoms with Gasteiger partial charge in [-0.15, -0.1) is 0 Å². The molecule has 0 aliphatic rings. The van der Waals surface area contributed by atoms with E-state index in [-0.39, 0.29) is 0 Å². The molecule has 3 nitrogen and oxygen atoms in total. The molecule has 15 heavy (non-hydrogen) atoms. The summed E-state index contributed by atoms with van der Waals surface area (Å²) in [4.78, 5) is 4.16. The van der Waals surface area contributed by atoms with Crippen molar-refractivity contribution in [1.29, 1.82) is 5.26 Å². The van der Waals surface area contributed by atoms with Crippen LogP contribution in [0, 0.1) is 25.2 Å². The minimum absolute atomic E-state index is 0.567. The first-order chi connectivity index (χ1) is 7.22. The molecule has 0 atom stereocenters. The van der Waals surface area contributed by atoms with Crippen molar-refractivity contribution in [1.82, 2.24) is 4.98 Å². The van der Waals surface area contributed by atoms with Crippen LogP contribution in [-0.2, 0) is 0 Å². The van der Waals surface area contributed by atoms with E-state index in [9.17, 15) is 0 Å². The standard InChI is InChI=1S/C10H8N2O.C2H6/c1-6-3-4-8(5-11)9-10(6)13-7(2)12-9;1-2/h3-4H,1-2H3;1-2H3. The molecule has 1 aromatic heterocycles. The summed E-state index contributed by atoms with van der Waals surface area (Å²) in [6.07, 6.45) is 0. The van der Waals surface area contributed by atoms with Crippen LogP contribution in [0.1, 0.15) is 30.9 Å². The molecule has 0 aliphatic heterocycles. The number of aryl methyl sites for hydroxylation is 2. The third kappa shape index (κ3) is 1.99. The van der Waals surface area contributed by atoms with E-state index in [0.717, 1.165) is 11.1 Å². The average molecular weight is 202 g/mol. The summed E-state index contributed by atoms with van der Waals surface area (Å²) in [6, 6.07) is 5.72. The Kier molecular flexibility index (Phi) is 3.46. The molecule has 78 valence electrons. The largest absolute Gasteiger partial charge is 0.441 e. The number of nitriles is 1. The molecule has 0 saturated heterocycles. The molecule has 1 heterocycles. The molecule has 0 radical (unpaired) electrons. The van der Waals surface area contributed by atoms with Gasteiger partial charge >= 0.3 is 0 Å². The summed E-state index contributed by atoms with van der Waals surface area (Å²) >= 11 is 0. The molecule has 0 fully saturated rings. The number of hydrogen-bond acceptors (Lipinski definition) is 3. The lowest BCUT2D eigenvalue weighted by Gasteiger charge is -1.93. The van der Waals surface area contributed by atoms with Crippen molar-refractivity contribution in [2.75, 3.05) is 0 Å². The molecule has 2 rings (SSSR count). The number of aromatic nitrogens is 1. The second-order valence-electron chi connectivity index (χ2n) is 2.95. The Morgan fingerprint density at radius 3 is 2.53 bits per heavy atom. The van der Waals surface area contributed by atoms with E-state index in [1.807, 2.05) is 26.8 Å². The lowest BCUT2D eigenvalue weighted by Crippen LogP contribution is -1.80. The second kappa shape index (κ2) is 4.61. The van der Waals surface area contributed by atoms with Crippen LogP contribution in [0.4, 0.5) is 0 Å². The lowest BCUT2D eigenvalue weighted by atomic mass is 10.1. The van der Waals surface area contributed by atoms with E-state index in [1.165, 1.54) is 0 Å². The fourth-order valence-corrected chi connectivity index (χ4v) is 1.33. The van der Waals surface area contributed by atoms with Gasteiger partial charge in [0.1, 0.15) is 11.6 Å². The maximum atomic E-state index is 8.80. The first-order valence-electron chi connectivity index (χ1n) is 4.99. The SMILES string of the molecule is CC.Cc1nc2c(C#N)ccc(C)c2o1. The third-order valence-electron chi connectivity index (χ3n) is 1.97. The van der Waals surface area contributed by atoms with E-state index >= 15 is 0 Å². The third-order valence-corrected chi connectivity index (χ3v) is 1.97. The Morgan fingerprint density at radius 2 is 1.93 bits per heavy atom. The first kappa shape index (κ1) is 11.3. The summed E-state index contributed by atoms with van der Waals surface area (Å²) in [5.41, 5.74) is 2.96. The molecule has 0 bridgehead atoms. The number of fused-ring (bicyclic) bond motifs is 1. The highest BCUT2D eigenvalue weighted by atomic mass is 16.3. The number of hydrogen-bond donors (Lipinski definition) is 0. The summed E-state index contributed by atoms with van der Waals surface area (Å²) in [7, 11) is 0. The highest BCUT2D eigenvalue weighted by Gasteiger charge is 2.09. The van der Waals surface area contributed by atoms with Crippen molar-refractivity contribution in [2.45, 2.75) is 27.7 Å². The molecule has 0 amide bonds. The zero-order valence-electron chi connectivity index (χ0n) is 9.46. The van der Waals surface area contributed by atoms with Crippen molar-refractivity contribution < 1.29 is 4.42 Å². The predicted molar refractivity (Wildman–Crippen MR) is 59.5 cm³/mol. The van der Waals surface area contributed by atoms with E-state index < -0.39 is 0 Å². The van der Waals surface area contributed by atoms with Crippen LogP contribution in [0.2, 0.25) is 0 Å². The Bertz CT molecular complexity index is 506. The quantitative estimate of drug-likeness (QED) is 0.658. The fourth-order valence-electron chi connectivity index (χ4n) is 1.33. The van der Waals surface area contributed by atoms with E-state index in [2.05, 4.69) is 11.1 Å². The van der Waals surface area contributed by atoms with Crippen molar-refractivity contribution in [2.24, 2.45) is 0 Å². The molecule has 2 aromatic rings. The van der Waals surface area contributed by atoms with Gasteiger partial charge in [-0.25, -0.2) is 4.98 Å². The van der Waals surface area contributed by atoms with Gasteiger partial charge in [-0.1, -0.05) is 19.9 Å². The fraction of sp³-hybridized carbons (Fsp3) is 0.333. The normalized spacial score (nSPS) is 9.27. The highest BCUT2D eigenvalue weighted by Crippen LogP contribution is 2.22. The Hall–Kier alpha value is -1.82. The van der Waals surface area contributed by atoms with Crippen LogP contribution < -0.4 is 0 Å². The van der Waals surface area contributed by atoms with Crippen LogP contribution in [0.5, 0.6) is 0 Å². The van der Waals surface area contributed by atoms with Gasteiger partial charge < -0.3 is 4.42 Å². The van der Waals surface area contributed by atoms with Crippen molar-refractivity contribution >= 4 is 11.1 Å². The van der Waals surface area contributed by atoms with Crippen LogP contribution in [0.15, 0.2) is 16.5 Å². The van der Waals surface area contributed by atoms with Crippen LogP contribution in [-0.4, -0.2) is 4.98 Å². The molecule has 1 aromatic carbocycles. The minimum Gasteiger partial charge on any atom is -0.441 e. The van der Waals surface area contributed by atoms with Crippen LogP contribution in [0.25, 0.3) is 11.1 Å². The van der Waals surface area contributed by atoms with Gasteiger partial charge in [0.05, 0.1) is 5.56 Å². The second-order valence-corrected chi connectivity index (χ2v) is 2.95. The highest BCUT2D eigenvalue weighted by molar-refractivity contribution is 5.82. The summed E-state index contributed by atoms with van der Waals surface area (Å²) in [5.74, 6) is 0.598. The maximum Gasteiger partial charge on any atom is 0.192 e. The lowest BCUT2D eigenvalue weighted by molar-refractivity contribution is 0.559. The molecule has 0 spiro atoms. The van der Waals surface area contributed by atoms with Gasteiger partial charge in [-0.3, -0.25) is 0 Å². The molecule has 0 N–H and O–H groups in total. The zero-order valence-corrected chi connectivity index (χ0v) is 9.46. The van der Waals surface area contributed by atoms with Gasteiger partial charge in [-0.05, 0) is 18.6 Å². The molecular weight excluding hydrogens is 188 g/mol. The molecule has 0 saturated carbocycles. The van der Waals surface area contributed by atoms with Gasteiger partial charge in [0.15, 0.2) is 11.5 Å². The average Bonchev–Trinajstić information content (AvgIpc) is 2.64. The summed E-state index contributed by atoms with van der Waals surface area (Å²) in [6.45, 7) is 7.72. The number of oxazole rings is 1. The van der Waals surface area contributed by atoms with Gasteiger partial charge in [-0.2, -0.15) is 5.26 Å². The van der Waals surface area contributed by atoms with Crippen molar-refractivity contribution in [3.05, 3.63) is 29.2 Å². The van der Waals surface area contributed by atoms with Gasteiger partial charge in [0, 0.05) is 6.92 Å². The number of rotatable bonds is 0. The van der Waals surface area contributed by atoms with E-state index in [0.29, 0.717) is 17.0 Å². The Balaban J connectivity index is 0.000000531. The number of nitrogens with zero attached hydrogens (tertiary/aromatic N) is 2. The van der Waals surface area contributed by atoms with Crippen LogP contribution in [0.3, 0.4) is 0 Å². The minimum atomic E-state index is 0.567. The van der Waals surface area contributed by atoms with Crippen LogP contribution >= 0.6 is 0 Å². The van der Waals surface area contributed by atoms with Gasteiger partial charge in [0.2, 0.25) is 0 Å². The maximum absolute atomic E-state index is 8.80. The predicted octanol–water partition coefficient (Wildman–Crippen LogP) is 3.34. The Morgan fingerprint density at radius 1 is 1.27 bits per heavy atom. The number of benzene rings is 1. The first-order valence-corrected chi connectivity index (χ1v) is 4.99. The van der Waals surface area contributed by atoms with Crippen molar-refractivity contribution in [3.8, 4) is 6.07 Å². The van der Waals surface area contributed by atoms with E-state index in [4.69, 9.17) is 9.68 Å². The summed E-state index contributed by atoms with van der Waals surface area (Å²) in [5, 5.41) is 8.80. The van der Waals surface area contributed by atoms with Gasteiger partial charge in [0.25, 0.3) is 0 Å². The molecular formula is C12H14N2O. The van der Waals surface area contributed by atoms with E-state index in [1.54, 1.807) is 13.0 Å². The Labute approximate surface area is 89.4 Å². The summed E-state index contributed by atoms with van der Waals surface area (Å²) < 4.78 is 5.38. The smallest absolute Gasteiger partial charge is 0.192 e. The molecule has 3 heteroatoms. The topological polar surface area (TPSA) is 49.8 Å². The molecule has 0 unspecified atom stereocenters. The monoisotopic (exact) mass is 202 g/mol.